The molecule has 5 nitrogen and oxygen atoms in total. The van der Waals surface area contributed by atoms with Crippen LogP contribution in [-0.2, 0) is 4.74 Å². The highest BCUT2D eigenvalue weighted by Crippen LogP contribution is 1.88. The topological polar surface area (TPSA) is 53.6 Å². The van der Waals surface area contributed by atoms with Gasteiger partial charge in [-0.25, -0.2) is 4.79 Å². The summed E-state index contributed by atoms with van der Waals surface area (Å²) < 4.78 is 4.83. The fraction of sp³-hybridized carbons (Fsp3) is 0.909. The molecule has 0 aromatic rings. The number of carbonyl (C=O) groups excluding carboxylic acids is 1. The van der Waals surface area contributed by atoms with Gasteiger partial charge in [-0.15, -0.1) is 0 Å². The number of ether oxygens (including phenoxy) is 1. The van der Waals surface area contributed by atoms with E-state index >= 15 is 0 Å². The summed E-state index contributed by atoms with van der Waals surface area (Å²) in [6.07, 6.45) is 0.985. The van der Waals surface area contributed by atoms with Crippen molar-refractivity contribution in [2.45, 2.75) is 20.3 Å². The fourth-order valence-electron chi connectivity index (χ4n) is 1.37. The molecule has 16 heavy (non-hydrogen) atoms. The Kier molecular flexibility index (Phi) is 10.2. The van der Waals surface area contributed by atoms with Crippen LogP contribution in [0.1, 0.15) is 20.3 Å². The lowest BCUT2D eigenvalue weighted by Crippen LogP contribution is -2.38. The lowest BCUT2D eigenvalue weighted by Gasteiger charge is -2.17. The van der Waals surface area contributed by atoms with E-state index in [0.717, 1.165) is 32.6 Å². The molecule has 0 aromatic carbocycles. The molecule has 5 heteroatoms. The maximum absolute atomic E-state index is 11.2. The lowest BCUT2D eigenvalue weighted by molar-refractivity contribution is 0.195. The third-order valence-corrected chi connectivity index (χ3v) is 2.42. The first-order valence-corrected chi connectivity index (χ1v) is 5.97. The second-order valence-electron chi connectivity index (χ2n) is 3.56. The highest BCUT2D eigenvalue weighted by molar-refractivity contribution is 5.73. The van der Waals surface area contributed by atoms with Gasteiger partial charge in [0.1, 0.15) is 0 Å². The Labute approximate surface area is 98.5 Å². The molecule has 0 bridgehead atoms. The van der Waals surface area contributed by atoms with Crippen LogP contribution in [0, 0.1) is 0 Å². The van der Waals surface area contributed by atoms with Crippen LogP contribution in [0.4, 0.5) is 4.79 Å². The number of rotatable bonds is 9. The summed E-state index contributed by atoms with van der Waals surface area (Å²) in [7, 11) is 1.61. The van der Waals surface area contributed by atoms with E-state index in [1.807, 2.05) is 0 Å². The van der Waals surface area contributed by atoms with Crippen LogP contribution in [0.15, 0.2) is 0 Å². The predicted molar refractivity (Wildman–Crippen MR) is 65.7 cm³/mol. The highest BCUT2D eigenvalue weighted by atomic mass is 16.5. The summed E-state index contributed by atoms with van der Waals surface area (Å²) in [6.45, 7) is 9.28. The molecule has 0 heterocycles. The second kappa shape index (κ2) is 10.7. The first-order chi connectivity index (χ1) is 7.74. The molecule has 0 fully saturated rings. The van der Waals surface area contributed by atoms with E-state index in [9.17, 15) is 4.79 Å². The second-order valence-corrected chi connectivity index (χ2v) is 3.56. The summed E-state index contributed by atoms with van der Waals surface area (Å²) in [5, 5.41) is 5.52. The van der Waals surface area contributed by atoms with Crippen molar-refractivity contribution >= 4 is 6.03 Å². The van der Waals surface area contributed by atoms with Crippen LogP contribution in [0.3, 0.4) is 0 Å². The molecule has 0 rings (SSSR count). The van der Waals surface area contributed by atoms with Gasteiger partial charge in [0.25, 0.3) is 0 Å². The molecule has 0 aromatic heterocycles. The van der Waals surface area contributed by atoms with Gasteiger partial charge in [0.05, 0.1) is 6.61 Å². The summed E-state index contributed by atoms with van der Waals surface area (Å²) in [5.41, 5.74) is 0. The third-order valence-electron chi connectivity index (χ3n) is 2.42. The van der Waals surface area contributed by atoms with E-state index in [-0.39, 0.29) is 6.03 Å². The number of nitrogens with zero attached hydrogens (tertiary/aromatic N) is 1. The highest BCUT2D eigenvalue weighted by Gasteiger charge is 2.00. The van der Waals surface area contributed by atoms with Gasteiger partial charge in [0.2, 0.25) is 0 Å². The molecule has 0 aliphatic carbocycles. The smallest absolute Gasteiger partial charge is 0.314 e. The Morgan fingerprint density at radius 2 is 1.81 bits per heavy atom. The number of methoxy groups -OCH3 is 1. The minimum Gasteiger partial charge on any atom is -0.383 e. The zero-order valence-electron chi connectivity index (χ0n) is 10.7. The third kappa shape index (κ3) is 8.49. The van der Waals surface area contributed by atoms with Crippen LogP contribution in [0.2, 0.25) is 0 Å². The molecule has 2 N–H and O–H groups in total. The van der Waals surface area contributed by atoms with Crippen LogP contribution in [0.5, 0.6) is 0 Å². The van der Waals surface area contributed by atoms with Crippen molar-refractivity contribution < 1.29 is 9.53 Å². The van der Waals surface area contributed by atoms with E-state index in [1.165, 1.54) is 0 Å². The summed E-state index contributed by atoms with van der Waals surface area (Å²) in [5.74, 6) is 0. The van der Waals surface area contributed by atoms with Crippen molar-refractivity contribution in [3.8, 4) is 0 Å². The van der Waals surface area contributed by atoms with Gasteiger partial charge in [-0.2, -0.15) is 0 Å². The average Bonchev–Trinajstić information content (AvgIpc) is 2.30. The maximum Gasteiger partial charge on any atom is 0.314 e. The Morgan fingerprint density at radius 1 is 1.19 bits per heavy atom. The van der Waals surface area contributed by atoms with Crippen LogP contribution in [0.25, 0.3) is 0 Å². The minimum absolute atomic E-state index is 0.114. The molecule has 0 aliphatic rings. The molecule has 0 unspecified atom stereocenters. The van der Waals surface area contributed by atoms with Crippen molar-refractivity contribution in [1.82, 2.24) is 15.5 Å². The molecule has 0 radical (unpaired) electrons. The summed E-state index contributed by atoms with van der Waals surface area (Å²) in [6, 6.07) is -0.114. The zero-order chi connectivity index (χ0) is 12.2. The molecule has 96 valence electrons. The van der Waals surface area contributed by atoms with Gasteiger partial charge in [-0.1, -0.05) is 13.8 Å². The first kappa shape index (κ1) is 15.2. The van der Waals surface area contributed by atoms with Gasteiger partial charge in [0, 0.05) is 20.2 Å². The van der Waals surface area contributed by atoms with E-state index in [0.29, 0.717) is 13.2 Å². The standard InChI is InChI=1S/C11H25N3O2/c1-4-14(5-2)9-6-7-12-11(15)13-8-10-16-3/h4-10H2,1-3H3,(H2,12,13,15). The molecular weight excluding hydrogens is 206 g/mol. The van der Waals surface area contributed by atoms with Crippen LogP contribution < -0.4 is 10.6 Å². The van der Waals surface area contributed by atoms with Gasteiger partial charge in [-0.05, 0) is 26.1 Å². The first-order valence-electron chi connectivity index (χ1n) is 5.97. The van der Waals surface area contributed by atoms with Gasteiger partial charge < -0.3 is 20.3 Å². The van der Waals surface area contributed by atoms with Crippen LogP contribution in [-0.4, -0.2) is 57.4 Å². The monoisotopic (exact) mass is 231 g/mol. The number of hydrogen-bond acceptors (Lipinski definition) is 3. The minimum atomic E-state index is -0.114. The average molecular weight is 231 g/mol. The Bertz CT molecular complexity index is 173. The number of urea groups is 1. The van der Waals surface area contributed by atoms with Gasteiger partial charge >= 0.3 is 6.03 Å². The van der Waals surface area contributed by atoms with E-state index < -0.39 is 0 Å². The number of hydrogen-bond donors (Lipinski definition) is 2. The predicted octanol–water partition coefficient (Wildman–Crippen LogP) is 0.664. The lowest BCUT2D eigenvalue weighted by atomic mass is 10.3. The molecule has 0 atom stereocenters. The molecule has 0 aliphatic heterocycles. The number of nitrogens with one attached hydrogen (secondary N) is 2. The van der Waals surface area contributed by atoms with E-state index in [1.54, 1.807) is 7.11 Å². The molecule has 0 saturated carbocycles. The Hall–Kier alpha value is -0.810. The quantitative estimate of drug-likeness (QED) is 0.573. The van der Waals surface area contributed by atoms with E-state index in [2.05, 4.69) is 29.4 Å². The largest absolute Gasteiger partial charge is 0.383 e. The Morgan fingerprint density at radius 3 is 2.38 bits per heavy atom. The summed E-state index contributed by atoms with van der Waals surface area (Å²) in [4.78, 5) is 13.5. The molecule has 0 spiro atoms. The Balaban J connectivity index is 3.33. The van der Waals surface area contributed by atoms with E-state index in [4.69, 9.17) is 4.74 Å². The van der Waals surface area contributed by atoms with Crippen LogP contribution >= 0.6 is 0 Å². The van der Waals surface area contributed by atoms with Gasteiger partial charge in [0.15, 0.2) is 0 Å². The SMILES string of the molecule is CCN(CC)CCCNC(=O)NCCOC. The molecule has 0 saturated heterocycles. The maximum atomic E-state index is 11.2. The van der Waals surface area contributed by atoms with Crippen molar-refractivity contribution in [2.24, 2.45) is 0 Å². The van der Waals surface area contributed by atoms with Crippen molar-refractivity contribution in [2.75, 3.05) is 46.4 Å². The fourth-order valence-corrected chi connectivity index (χ4v) is 1.37. The van der Waals surface area contributed by atoms with Gasteiger partial charge in [-0.3, -0.25) is 0 Å². The summed E-state index contributed by atoms with van der Waals surface area (Å²) >= 11 is 0. The normalized spacial score (nSPS) is 10.5. The molecular formula is C11H25N3O2. The van der Waals surface area contributed by atoms with Crippen molar-refractivity contribution in [1.29, 1.82) is 0 Å². The molecule has 2 amide bonds. The van der Waals surface area contributed by atoms with Crippen molar-refractivity contribution in [3.63, 3.8) is 0 Å². The zero-order valence-corrected chi connectivity index (χ0v) is 10.7. The number of amides is 2. The van der Waals surface area contributed by atoms with Crippen molar-refractivity contribution in [3.05, 3.63) is 0 Å². The number of carbonyl (C=O) groups is 1.